The first-order valence-corrected chi connectivity index (χ1v) is 9.29. The number of carbonyl (C=O) groups excluding carboxylic acids is 1. The van der Waals surface area contributed by atoms with Gasteiger partial charge >= 0.3 is 0 Å². The SMILES string of the molecule is CN(C)C(=O)c1cccc(CN2CCC[C@@H]2[C@@H]2CCCC[C@H]2O)c1. The Morgan fingerprint density at radius 1 is 1.21 bits per heavy atom. The van der Waals surface area contributed by atoms with Gasteiger partial charge < -0.3 is 10.0 Å². The highest BCUT2D eigenvalue weighted by Crippen LogP contribution is 2.35. The second-order valence-corrected chi connectivity index (χ2v) is 7.60. The van der Waals surface area contributed by atoms with Crippen LogP contribution in [0.4, 0.5) is 0 Å². The summed E-state index contributed by atoms with van der Waals surface area (Å²) < 4.78 is 0. The maximum Gasteiger partial charge on any atom is 0.253 e. The number of carbonyl (C=O) groups is 1. The molecule has 0 aromatic heterocycles. The van der Waals surface area contributed by atoms with Crippen molar-refractivity contribution in [1.29, 1.82) is 0 Å². The van der Waals surface area contributed by atoms with Crippen LogP contribution in [0, 0.1) is 5.92 Å². The number of benzene rings is 1. The lowest BCUT2D eigenvalue weighted by atomic mass is 9.80. The fraction of sp³-hybridized carbons (Fsp3) is 0.650. The van der Waals surface area contributed by atoms with E-state index in [0.29, 0.717) is 12.0 Å². The van der Waals surface area contributed by atoms with Gasteiger partial charge in [-0.15, -0.1) is 0 Å². The summed E-state index contributed by atoms with van der Waals surface area (Å²) in [6.45, 7) is 1.97. The van der Waals surface area contributed by atoms with E-state index in [1.807, 2.05) is 18.2 Å². The minimum absolute atomic E-state index is 0.0533. The molecule has 3 atom stereocenters. The van der Waals surface area contributed by atoms with Gasteiger partial charge in [0.25, 0.3) is 5.91 Å². The molecule has 3 rings (SSSR count). The van der Waals surface area contributed by atoms with Crippen LogP contribution in [0.25, 0.3) is 0 Å². The molecule has 0 radical (unpaired) electrons. The number of hydrogen-bond acceptors (Lipinski definition) is 3. The van der Waals surface area contributed by atoms with Crippen molar-refractivity contribution < 1.29 is 9.90 Å². The summed E-state index contributed by atoms with van der Waals surface area (Å²) >= 11 is 0. The number of amides is 1. The van der Waals surface area contributed by atoms with Crippen molar-refractivity contribution in [2.24, 2.45) is 5.92 Å². The van der Waals surface area contributed by atoms with Crippen LogP contribution in [-0.4, -0.2) is 53.6 Å². The highest BCUT2D eigenvalue weighted by Gasteiger charge is 2.36. The Morgan fingerprint density at radius 3 is 2.75 bits per heavy atom. The van der Waals surface area contributed by atoms with Gasteiger partial charge in [-0.25, -0.2) is 0 Å². The molecule has 0 unspecified atom stereocenters. The van der Waals surface area contributed by atoms with Gasteiger partial charge in [0.2, 0.25) is 0 Å². The molecule has 0 spiro atoms. The lowest BCUT2D eigenvalue weighted by Crippen LogP contribution is -2.42. The zero-order valence-electron chi connectivity index (χ0n) is 14.9. The Morgan fingerprint density at radius 2 is 2.00 bits per heavy atom. The van der Waals surface area contributed by atoms with Crippen molar-refractivity contribution >= 4 is 5.91 Å². The molecule has 1 saturated heterocycles. The van der Waals surface area contributed by atoms with Crippen molar-refractivity contribution in [2.75, 3.05) is 20.6 Å². The highest BCUT2D eigenvalue weighted by atomic mass is 16.3. The summed E-state index contributed by atoms with van der Waals surface area (Å²) in [6.07, 6.45) is 6.80. The van der Waals surface area contributed by atoms with E-state index in [4.69, 9.17) is 0 Å². The van der Waals surface area contributed by atoms with E-state index in [9.17, 15) is 9.90 Å². The molecule has 1 saturated carbocycles. The molecule has 1 amide bonds. The van der Waals surface area contributed by atoms with E-state index in [2.05, 4.69) is 11.0 Å². The molecule has 1 heterocycles. The third kappa shape index (κ3) is 3.81. The Labute approximate surface area is 145 Å². The lowest BCUT2D eigenvalue weighted by Gasteiger charge is -2.37. The van der Waals surface area contributed by atoms with E-state index >= 15 is 0 Å². The number of aliphatic hydroxyl groups excluding tert-OH is 1. The lowest BCUT2D eigenvalue weighted by molar-refractivity contribution is 0.0201. The van der Waals surface area contributed by atoms with E-state index in [1.54, 1.807) is 19.0 Å². The van der Waals surface area contributed by atoms with E-state index < -0.39 is 0 Å². The number of aliphatic hydroxyl groups is 1. The Bertz CT molecular complexity index is 573. The Hall–Kier alpha value is -1.39. The van der Waals surface area contributed by atoms with Gasteiger partial charge in [-0.2, -0.15) is 0 Å². The fourth-order valence-corrected chi connectivity index (χ4v) is 4.42. The maximum absolute atomic E-state index is 12.2. The molecule has 1 N–H and O–H groups in total. The molecule has 1 aromatic carbocycles. The summed E-state index contributed by atoms with van der Waals surface area (Å²) in [7, 11) is 3.58. The van der Waals surface area contributed by atoms with Crippen LogP contribution < -0.4 is 0 Å². The zero-order chi connectivity index (χ0) is 17.1. The molecule has 1 aliphatic heterocycles. The summed E-state index contributed by atoms with van der Waals surface area (Å²) in [5.74, 6) is 0.477. The molecule has 1 aliphatic carbocycles. The number of likely N-dealkylation sites (tertiary alicyclic amines) is 1. The fourth-order valence-electron chi connectivity index (χ4n) is 4.42. The third-order valence-corrected chi connectivity index (χ3v) is 5.66. The summed E-state index contributed by atoms with van der Waals surface area (Å²) in [5.41, 5.74) is 1.95. The van der Waals surface area contributed by atoms with Gasteiger partial charge in [0.15, 0.2) is 0 Å². The van der Waals surface area contributed by atoms with Crippen LogP contribution in [0.5, 0.6) is 0 Å². The van der Waals surface area contributed by atoms with Crippen molar-refractivity contribution in [2.45, 2.75) is 57.2 Å². The quantitative estimate of drug-likeness (QED) is 0.923. The van der Waals surface area contributed by atoms with E-state index in [1.165, 1.54) is 31.2 Å². The van der Waals surface area contributed by atoms with Crippen molar-refractivity contribution in [3.63, 3.8) is 0 Å². The minimum Gasteiger partial charge on any atom is -0.393 e. The van der Waals surface area contributed by atoms with Crippen LogP contribution in [0.1, 0.15) is 54.4 Å². The predicted octanol–water partition coefficient (Wildman–Crippen LogP) is 2.90. The first-order valence-electron chi connectivity index (χ1n) is 9.29. The van der Waals surface area contributed by atoms with Gasteiger partial charge in [0.05, 0.1) is 6.10 Å². The van der Waals surface area contributed by atoms with Crippen molar-refractivity contribution in [3.05, 3.63) is 35.4 Å². The Balaban J connectivity index is 1.70. The normalized spacial score (nSPS) is 28.0. The zero-order valence-corrected chi connectivity index (χ0v) is 14.9. The minimum atomic E-state index is -0.133. The molecule has 4 heteroatoms. The standard InChI is InChI=1S/C20H30N2O2/c1-21(2)20(24)16-8-5-7-15(13-16)14-22-12-6-10-18(22)17-9-3-4-11-19(17)23/h5,7-8,13,17-19,23H,3-4,6,9-12,14H2,1-2H3/t17-,18+,19+/m0/s1. The van der Waals surface area contributed by atoms with Gasteiger partial charge in [-0.3, -0.25) is 9.69 Å². The molecule has 4 nitrogen and oxygen atoms in total. The van der Waals surface area contributed by atoms with Crippen molar-refractivity contribution in [1.82, 2.24) is 9.80 Å². The number of nitrogens with zero attached hydrogens (tertiary/aromatic N) is 2. The molecule has 1 aromatic rings. The van der Waals surface area contributed by atoms with Gasteiger partial charge in [-0.05, 0) is 49.9 Å². The van der Waals surface area contributed by atoms with Gasteiger partial charge in [0.1, 0.15) is 0 Å². The van der Waals surface area contributed by atoms with Crippen LogP contribution in [0.15, 0.2) is 24.3 Å². The number of rotatable bonds is 4. The molecule has 2 fully saturated rings. The molecule has 2 aliphatic rings. The van der Waals surface area contributed by atoms with Crippen LogP contribution in [-0.2, 0) is 6.54 Å². The third-order valence-electron chi connectivity index (χ3n) is 5.66. The highest BCUT2D eigenvalue weighted by molar-refractivity contribution is 5.94. The Kier molecular flexibility index (Phi) is 5.57. The molecular formula is C20H30N2O2. The molecule has 24 heavy (non-hydrogen) atoms. The van der Waals surface area contributed by atoms with Gasteiger partial charge in [0, 0.05) is 38.2 Å². The monoisotopic (exact) mass is 330 g/mol. The van der Waals surface area contributed by atoms with Crippen LogP contribution in [0.2, 0.25) is 0 Å². The van der Waals surface area contributed by atoms with Gasteiger partial charge in [-0.1, -0.05) is 25.0 Å². The predicted molar refractivity (Wildman–Crippen MR) is 95.9 cm³/mol. The summed E-state index contributed by atoms with van der Waals surface area (Å²) in [5, 5.41) is 10.4. The average molecular weight is 330 g/mol. The topological polar surface area (TPSA) is 43.8 Å². The van der Waals surface area contributed by atoms with Crippen molar-refractivity contribution in [3.8, 4) is 0 Å². The largest absolute Gasteiger partial charge is 0.393 e. The molecule has 132 valence electrons. The van der Waals surface area contributed by atoms with E-state index in [-0.39, 0.29) is 12.0 Å². The first-order chi connectivity index (χ1) is 11.6. The second kappa shape index (κ2) is 7.66. The van der Waals surface area contributed by atoms with Crippen LogP contribution >= 0.6 is 0 Å². The smallest absolute Gasteiger partial charge is 0.253 e. The first kappa shape index (κ1) is 17.4. The average Bonchev–Trinajstić information content (AvgIpc) is 3.02. The number of hydrogen-bond donors (Lipinski definition) is 1. The van der Waals surface area contributed by atoms with Crippen LogP contribution in [0.3, 0.4) is 0 Å². The summed E-state index contributed by atoms with van der Waals surface area (Å²) in [4.78, 5) is 16.3. The maximum atomic E-state index is 12.2. The van der Waals surface area contributed by atoms with E-state index in [0.717, 1.165) is 31.5 Å². The molecule has 0 bridgehead atoms. The molecular weight excluding hydrogens is 300 g/mol. The summed E-state index contributed by atoms with van der Waals surface area (Å²) in [6, 6.07) is 8.49. The second-order valence-electron chi connectivity index (χ2n) is 7.60.